The van der Waals surface area contributed by atoms with Gasteiger partial charge in [-0.1, -0.05) is 24.6 Å². The number of rotatable bonds is 7. The van der Waals surface area contributed by atoms with Gasteiger partial charge in [-0.15, -0.1) is 0 Å². The van der Waals surface area contributed by atoms with Crippen LogP contribution in [-0.2, 0) is 14.3 Å². The Labute approximate surface area is 206 Å². The van der Waals surface area contributed by atoms with Crippen LogP contribution >= 0.6 is 0 Å². The van der Waals surface area contributed by atoms with Gasteiger partial charge in [0.1, 0.15) is 5.82 Å². The number of likely N-dealkylation sites (N-methyl/N-ethyl adjacent to an activating group) is 1. The first-order valence-corrected chi connectivity index (χ1v) is 12.6. The Kier molecular flexibility index (Phi) is 7.74. The first-order chi connectivity index (χ1) is 16.8. The highest BCUT2D eigenvalue weighted by molar-refractivity contribution is 5.95. The molecule has 1 aromatic carbocycles. The Balaban J connectivity index is 1.64. The molecule has 1 saturated heterocycles. The van der Waals surface area contributed by atoms with Crippen molar-refractivity contribution in [3.05, 3.63) is 46.9 Å². The fourth-order valence-corrected chi connectivity index (χ4v) is 5.21. The molecule has 1 aliphatic carbocycles. The van der Waals surface area contributed by atoms with Crippen LogP contribution in [0, 0.1) is 11.7 Å². The minimum atomic E-state index is -0.945. The number of piperazine rings is 1. The number of nitrogens with zero attached hydrogens (tertiary/aromatic N) is 3. The summed E-state index contributed by atoms with van der Waals surface area (Å²) >= 11 is 0. The topological polar surface area (TPSA) is 82.2 Å². The predicted octanol–water partition coefficient (Wildman–Crippen LogP) is 3.06. The van der Waals surface area contributed by atoms with Crippen molar-refractivity contribution in [2.24, 2.45) is 5.92 Å². The molecule has 2 atom stereocenters. The van der Waals surface area contributed by atoms with Gasteiger partial charge in [-0.2, -0.15) is 0 Å². The molecule has 1 aromatic rings. The van der Waals surface area contributed by atoms with Gasteiger partial charge >= 0.3 is 12.0 Å². The van der Waals surface area contributed by atoms with E-state index in [1.165, 1.54) is 11.0 Å². The van der Waals surface area contributed by atoms with Crippen molar-refractivity contribution in [3.8, 4) is 0 Å². The van der Waals surface area contributed by atoms with Crippen LogP contribution in [-0.4, -0.2) is 78.0 Å². The highest BCUT2D eigenvalue weighted by Crippen LogP contribution is 2.34. The van der Waals surface area contributed by atoms with Crippen molar-refractivity contribution in [1.82, 2.24) is 20.0 Å². The van der Waals surface area contributed by atoms with Gasteiger partial charge in [-0.25, -0.2) is 14.0 Å². The molecule has 190 valence electrons. The first kappa shape index (κ1) is 25.2. The van der Waals surface area contributed by atoms with E-state index in [1.54, 1.807) is 25.1 Å². The van der Waals surface area contributed by atoms with Gasteiger partial charge < -0.3 is 15.0 Å². The molecule has 0 bridgehead atoms. The van der Waals surface area contributed by atoms with Crippen molar-refractivity contribution >= 4 is 17.9 Å². The summed E-state index contributed by atoms with van der Waals surface area (Å²) in [5.74, 6) is -0.676. The Morgan fingerprint density at radius 2 is 1.91 bits per heavy atom. The number of halogens is 1. The van der Waals surface area contributed by atoms with Crippen LogP contribution in [0.25, 0.3) is 0 Å². The maximum atomic E-state index is 14.8. The van der Waals surface area contributed by atoms with Gasteiger partial charge in [0.2, 0.25) is 5.91 Å². The smallest absolute Gasteiger partial charge is 0.338 e. The van der Waals surface area contributed by atoms with Gasteiger partial charge in [0.05, 0.1) is 18.2 Å². The lowest BCUT2D eigenvalue weighted by Gasteiger charge is -2.44. The fraction of sp³-hybridized carbons (Fsp3) is 0.577. The molecule has 0 spiro atoms. The summed E-state index contributed by atoms with van der Waals surface area (Å²) in [6.07, 6.45) is 3.06. The number of ether oxygens (including phenoxy) is 1. The van der Waals surface area contributed by atoms with Crippen LogP contribution in [0.4, 0.5) is 9.18 Å². The minimum Gasteiger partial charge on any atom is -0.463 e. The van der Waals surface area contributed by atoms with E-state index in [2.05, 4.69) is 10.2 Å². The first-order valence-electron chi connectivity index (χ1n) is 12.6. The molecule has 4 rings (SSSR count). The second-order valence-corrected chi connectivity index (χ2v) is 9.47. The molecule has 0 aromatic heterocycles. The summed E-state index contributed by atoms with van der Waals surface area (Å²) in [5.41, 5.74) is 0.995. The summed E-state index contributed by atoms with van der Waals surface area (Å²) in [6, 6.07) is 4.84. The zero-order valence-corrected chi connectivity index (χ0v) is 20.8. The number of hydrogen-bond donors (Lipinski definition) is 1. The molecule has 0 radical (unpaired) electrons. The Morgan fingerprint density at radius 1 is 1.17 bits per heavy atom. The van der Waals surface area contributed by atoms with E-state index in [0.29, 0.717) is 38.4 Å². The Hall–Kier alpha value is -2.94. The lowest BCUT2D eigenvalue weighted by Crippen LogP contribution is -2.57. The number of hydrogen-bond acceptors (Lipinski definition) is 5. The number of nitrogens with one attached hydrogen (secondary N) is 1. The van der Waals surface area contributed by atoms with Crippen molar-refractivity contribution < 1.29 is 23.5 Å². The summed E-state index contributed by atoms with van der Waals surface area (Å²) in [7, 11) is 0. The third-order valence-corrected chi connectivity index (χ3v) is 7.29. The average Bonchev–Trinajstić information content (AvgIpc) is 2.78. The van der Waals surface area contributed by atoms with Crippen LogP contribution in [0.15, 0.2) is 35.5 Å². The fourth-order valence-electron chi connectivity index (χ4n) is 5.21. The number of carbonyl (C=O) groups excluding carboxylic acids is 3. The van der Waals surface area contributed by atoms with Gasteiger partial charge in [0, 0.05) is 55.9 Å². The standard InChI is InChI=1S/C26H35FN4O4/c1-4-30-21(16-29-13-14-31(17(3)15-29)24(32)18-9-8-10-18)22(25(33)35-5-2)23(28-26(30)34)19-11-6-7-12-20(19)27/h6-7,11-12,17-18,23H,4-5,8-10,13-16H2,1-3H3,(H,28,34). The van der Waals surface area contributed by atoms with Crippen molar-refractivity contribution in [2.45, 2.75) is 52.1 Å². The third kappa shape index (κ3) is 5.05. The number of amides is 3. The van der Waals surface area contributed by atoms with Gasteiger partial charge in [0.25, 0.3) is 0 Å². The Bertz CT molecular complexity index is 1010. The molecule has 35 heavy (non-hydrogen) atoms. The van der Waals surface area contributed by atoms with Gasteiger partial charge in [-0.05, 0) is 39.7 Å². The van der Waals surface area contributed by atoms with E-state index in [9.17, 15) is 18.8 Å². The second-order valence-electron chi connectivity index (χ2n) is 9.47. The van der Waals surface area contributed by atoms with Crippen molar-refractivity contribution in [1.29, 1.82) is 0 Å². The number of esters is 1. The minimum absolute atomic E-state index is 0.0263. The summed E-state index contributed by atoms with van der Waals surface area (Å²) in [6.45, 7) is 8.30. The number of carbonyl (C=O) groups is 3. The summed E-state index contributed by atoms with van der Waals surface area (Å²) in [5, 5.41) is 2.80. The van der Waals surface area contributed by atoms with E-state index >= 15 is 0 Å². The molecule has 3 amide bonds. The van der Waals surface area contributed by atoms with Gasteiger partial charge in [-0.3, -0.25) is 14.6 Å². The molecule has 2 unspecified atom stereocenters. The molecule has 8 nitrogen and oxygen atoms in total. The van der Waals surface area contributed by atoms with E-state index in [1.807, 2.05) is 18.7 Å². The van der Waals surface area contributed by atoms with E-state index in [-0.39, 0.29) is 41.6 Å². The molecule has 3 aliphatic rings. The van der Waals surface area contributed by atoms with Gasteiger partial charge in [0.15, 0.2) is 0 Å². The molecule has 2 fully saturated rings. The quantitative estimate of drug-likeness (QED) is 0.599. The zero-order valence-electron chi connectivity index (χ0n) is 20.8. The maximum absolute atomic E-state index is 14.8. The number of benzene rings is 1. The lowest BCUT2D eigenvalue weighted by atomic mass is 9.84. The van der Waals surface area contributed by atoms with Crippen LogP contribution in [0.3, 0.4) is 0 Å². The van der Waals surface area contributed by atoms with Crippen molar-refractivity contribution in [3.63, 3.8) is 0 Å². The number of urea groups is 1. The predicted molar refractivity (Wildman–Crippen MR) is 129 cm³/mol. The lowest BCUT2D eigenvalue weighted by molar-refractivity contribution is -0.142. The van der Waals surface area contributed by atoms with Crippen LogP contribution < -0.4 is 5.32 Å². The van der Waals surface area contributed by atoms with E-state index < -0.39 is 17.8 Å². The van der Waals surface area contributed by atoms with Crippen molar-refractivity contribution in [2.75, 3.05) is 39.3 Å². The van der Waals surface area contributed by atoms with Crippen LogP contribution in [0.5, 0.6) is 0 Å². The molecule has 1 N–H and O–H groups in total. The van der Waals surface area contributed by atoms with E-state index in [0.717, 1.165) is 19.3 Å². The molecular formula is C26H35FN4O4. The largest absolute Gasteiger partial charge is 0.463 e. The molecule has 2 heterocycles. The summed E-state index contributed by atoms with van der Waals surface area (Å²) < 4.78 is 20.1. The zero-order chi connectivity index (χ0) is 25.1. The normalized spacial score (nSPS) is 23.7. The highest BCUT2D eigenvalue weighted by atomic mass is 19.1. The summed E-state index contributed by atoms with van der Waals surface area (Å²) in [4.78, 5) is 44.7. The third-order valence-electron chi connectivity index (χ3n) is 7.29. The maximum Gasteiger partial charge on any atom is 0.338 e. The second kappa shape index (κ2) is 10.8. The van der Waals surface area contributed by atoms with Crippen LogP contribution in [0.2, 0.25) is 0 Å². The average molecular weight is 487 g/mol. The monoisotopic (exact) mass is 486 g/mol. The molecule has 2 aliphatic heterocycles. The molecular weight excluding hydrogens is 451 g/mol. The molecule has 1 saturated carbocycles. The SMILES string of the molecule is CCOC(=O)C1=C(CN2CCN(C(=O)C3CCC3)C(C)C2)N(CC)C(=O)NC1c1ccccc1F. The highest BCUT2D eigenvalue weighted by Gasteiger charge is 2.40. The Morgan fingerprint density at radius 3 is 2.51 bits per heavy atom. The van der Waals surface area contributed by atoms with Crippen LogP contribution in [0.1, 0.15) is 51.6 Å². The van der Waals surface area contributed by atoms with E-state index in [4.69, 9.17) is 4.74 Å². The molecule has 9 heteroatoms.